The van der Waals surface area contributed by atoms with Crippen LogP contribution in [0.4, 0.5) is 4.79 Å². The molecule has 1 saturated heterocycles. The Morgan fingerprint density at radius 3 is 2.23 bits per heavy atom. The molecule has 1 aliphatic carbocycles. The molecule has 0 radical (unpaired) electrons. The Kier molecular flexibility index (Phi) is 7.51. The summed E-state index contributed by atoms with van der Waals surface area (Å²) in [5.41, 5.74) is 0.00273. The van der Waals surface area contributed by atoms with E-state index in [4.69, 9.17) is 4.74 Å². The van der Waals surface area contributed by atoms with Gasteiger partial charge in [0.1, 0.15) is 6.61 Å². The lowest BCUT2D eigenvalue weighted by Gasteiger charge is -2.45. The molecule has 0 bridgehead atoms. The van der Waals surface area contributed by atoms with Crippen molar-refractivity contribution in [1.82, 2.24) is 4.90 Å². The van der Waals surface area contributed by atoms with Crippen LogP contribution < -0.4 is 5.19 Å². The van der Waals surface area contributed by atoms with Gasteiger partial charge in [0.25, 0.3) is 0 Å². The molecule has 2 amide bonds. The molecule has 5 atom stereocenters. The van der Waals surface area contributed by atoms with Crippen molar-refractivity contribution in [2.24, 2.45) is 11.3 Å². The van der Waals surface area contributed by atoms with Gasteiger partial charge < -0.3 is 9.84 Å². The van der Waals surface area contributed by atoms with Crippen molar-refractivity contribution in [2.45, 2.75) is 74.5 Å². The highest BCUT2D eigenvalue weighted by Crippen LogP contribution is 2.47. The number of carbonyl (C=O) groups is 2. The summed E-state index contributed by atoms with van der Waals surface area (Å²) in [5, 5.41) is 12.7. The molecule has 1 aliphatic heterocycles. The van der Waals surface area contributed by atoms with Gasteiger partial charge in [-0.1, -0.05) is 87.6 Å². The number of carbonyl (C=O) groups excluding carboxylic acids is 2. The van der Waals surface area contributed by atoms with E-state index in [-0.39, 0.29) is 29.2 Å². The van der Waals surface area contributed by atoms with Gasteiger partial charge in [0, 0.05) is 10.1 Å². The number of ether oxygens (including phenoxy) is 1. The van der Waals surface area contributed by atoms with Crippen LogP contribution in [0.2, 0.25) is 18.6 Å². The summed E-state index contributed by atoms with van der Waals surface area (Å²) < 4.78 is 5.32. The Bertz CT molecular complexity index is 1040. The second kappa shape index (κ2) is 10.1. The second-order valence-electron chi connectivity index (χ2n) is 11.5. The zero-order valence-electron chi connectivity index (χ0n) is 21.3. The third kappa shape index (κ3) is 5.37. The molecular weight excluding hydrogens is 474 g/mol. The quantitative estimate of drug-likeness (QED) is 0.552. The number of hydrogen-bond acceptors (Lipinski definition) is 5. The fourth-order valence-electron chi connectivity index (χ4n) is 5.48. The minimum atomic E-state index is -1.92. The van der Waals surface area contributed by atoms with Crippen LogP contribution in [-0.4, -0.2) is 54.1 Å². The van der Waals surface area contributed by atoms with Crippen molar-refractivity contribution in [3.63, 3.8) is 0 Å². The maximum absolute atomic E-state index is 14.0. The first-order chi connectivity index (χ1) is 16.5. The van der Waals surface area contributed by atoms with E-state index in [1.165, 1.54) is 10.1 Å². The molecule has 188 valence electrons. The molecule has 2 aliphatic rings. The number of imide groups is 1. The van der Waals surface area contributed by atoms with Crippen molar-refractivity contribution in [2.75, 3.05) is 6.61 Å². The van der Waals surface area contributed by atoms with Gasteiger partial charge in [-0.2, -0.15) is 0 Å². The fraction of sp³-hybridized carbons (Fsp3) is 0.500. The third-order valence-corrected chi connectivity index (χ3v) is 13.5. The number of aliphatic hydroxyl groups excluding tert-OH is 1. The van der Waals surface area contributed by atoms with E-state index in [1.807, 2.05) is 57.2 Å². The Labute approximate surface area is 214 Å². The van der Waals surface area contributed by atoms with Crippen LogP contribution >= 0.6 is 11.8 Å². The molecule has 2 aromatic carbocycles. The monoisotopic (exact) mass is 511 g/mol. The first kappa shape index (κ1) is 26.0. The van der Waals surface area contributed by atoms with Crippen LogP contribution in [0.5, 0.6) is 0 Å². The summed E-state index contributed by atoms with van der Waals surface area (Å²) in [5.74, 6) is -0.960. The lowest BCUT2D eigenvalue weighted by molar-refractivity contribution is -0.139. The number of hydrogen-bond donors (Lipinski definition) is 1. The van der Waals surface area contributed by atoms with Crippen LogP contribution in [0.15, 0.2) is 65.6 Å². The topological polar surface area (TPSA) is 66.8 Å². The van der Waals surface area contributed by atoms with Crippen molar-refractivity contribution in [3.05, 3.63) is 60.7 Å². The fourth-order valence-corrected chi connectivity index (χ4v) is 10.3. The molecule has 1 saturated carbocycles. The van der Waals surface area contributed by atoms with Crippen LogP contribution in [-0.2, 0) is 9.53 Å². The van der Waals surface area contributed by atoms with Gasteiger partial charge in [0.2, 0.25) is 5.91 Å². The van der Waals surface area contributed by atoms with Crippen molar-refractivity contribution < 1.29 is 19.4 Å². The smallest absolute Gasteiger partial charge is 0.417 e. The first-order valence-electron chi connectivity index (χ1n) is 12.4. The van der Waals surface area contributed by atoms with Gasteiger partial charge in [0.05, 0.1) is 26.1 Å². The summed E-state index contributed by atoms with van der Waals surface area (Å²) in [6, 6.07) is 20.3. The summed E-state index contributed by atoms with van der Waals surface area (Å²) in [6.45, 7) is 11.0. The van der Waals surface area contributed by atoms with E-state index < -0.39 is 26.2 Å². The molecule has 5 nitrogen and oxygen atoms in total. The molecule has 2 aromatic rings. The number of thioether (sulfide) groups is 1. The minimum Gasteiger partial charge on any atom is -0.447 e. The standard InChI is InChI=1S/C28H37NO4SSi/c1-28(2,3)24-18-33-27(32)29(24)26(31)25-22(30)16-21(35(4,5)20-14-10-7-11-15-20)17-23(25)34-19-12-8-6-9-13-19/h6-15,21-25,30H,16-18H2,1-5H3/t21-,22-,23-,24+,25-/m1/s1. The number of nitrogens with zero attached hydrogens (tertiary/aromatic N) is 1. The largest absolute Gasteiger partial charge is 0.447 e. The molecular formula is C28H37NO4SSi. The third-order valence-electron chi connectivity index (χ3n) is 7.82. The van der Waals surface area contributed by atoms with Gasteiger partial charge in [-0.05, 0) is 35.9 Å². The highest BCUT2D eigenvalue weighted by atomic mass is 32.2. The number of benzene rings is 2. The molecule has 35 heavy (non-hydrogen) atoms. The van der Waals surface area contributed by atoms with E-state index in [0.29, 0.717) is 12.0 Å². The minimum absolute atomic E-state index is 0.136. The Balaban J connectivity index is 1.67. The van der Waals surface area contributed by atoms with Crippen LogP contribution in [0.1, 0.15) is 33.6 Å². The van der Waals surface area contributed by atoms with Gasteiger partial charge >= 0.3 is 6.09 Å². The molecule has 0 spiro atoms. The number of cyclic esters (lactones) is 1. The number of amides is 2. The summed E-state index contributed by atoms with van der Waals surface area (Å²) in [7, 11) is -1.92. The van der Waals surface area contributed by atoms with Crippen LogP contribution in [0, 0.1) is 11.3 Å². The number of aliphatic hydroxyl groups is 1. The highest BCUT2D eigenvalue weighted by Gasteiger charge is 2.52. The molecule has 4 rings (SSSR count). The van der Waals surface area contributed by atoms with Crippen LogP contribution in [0.25, 0.3) is 0 Å². The molecule has 7 heteroatoms. The first-order valence-corrected chi connectivity index (χ1v) is 16.4. The average Bonchev–Trinajstić information content (AvgIpc) is 3.22. The van der Waals surface area contributed by atoms with E-state index in [9.17, 15) is 14.7 Å². The number of rotatable bonds is 5. The van der Waals surface area contributed by atoms with Gasteiger partial charge in [0.15, 0.2) is 0 Å². The summed E-state index contributed by atoms with van der Waals surface area (Å²) in [4.78, 5) is 29.0. The Morgan fingerprint density at radius 2 is 1.63 bits per heavy atom. The summed E-state index contributed by atoms with van der Waals surface area (Å²) >= 11 is 1.65. The van der Waals surface area contributed by atoms with E-state index in [0.717, 1.165) is 11.3 Å². The average molecular weight is 512 g/mol. The van der Waals surface area contributed by atoms with E-state index >= 15 is 0 Å². The van der Waals surface area contributed by atoms with Crippen LogP contribution in [0.3, 0.4) is 0 Å². The van der Waals surface area contributed by atoms with E-state index in [1.54, 1.807) is 11.8 Å². The molecule has 2 fully saturated rings. The van der Waals surface area contributed by atoms with Crippen molar-refractivity contribution >= 4 is 37.0 Å². The van der Waals surface area contributed by atoms with E-state index in [2.05, 4.69) is 37.4 Å². The SMILES string of the molecule is CC(C)(C)[C@@H]1COC(=O)N1C(=O)[C@@H]1[C@H](O)C[C@@H]([Si](C)(C)c2ccccc2)C[C@H]1Sc1ccccc1. The van der Waals surface area contributed by atoms with Gasteiger partial charge in [-0.15, -0.1) is 11.8 Å². The van der Waals surface area contributed by atoms with Gasteiger partial charge in [-0.25, -0.2) is 9.69 Å². The van der Waals surface area contributed by atoms with Gasteiger partial charge in [-0.3, -0.25) is 4.79 Å². The van der Waals surface area contributed by atoms with Crippen molar-refractivity contribution in [3.8, 4) is 0 Å². The molecule has 1 N–H and O–H groups in total. The molecule has 0 aromatic heterocycles. The lowest BCUT2D eigenvalue weighted by Crippen LogP contribution is -2.57. The van der Waals surface area contributed by atoms with Crippen molar-refractivity contribution in [1.29, 1.82) is 0 Å². The lowest BCUT2D eigenvalue weighted by atomic mass is 9.82. The predicted molar refractivity (Wildman–Crippen MR) is 144 cm³/mol. The normalized spacial score (nSPS) is 27.5. The predicted octanol–water partition coefficient (Wildman–Crippen LogP) is 5.30. The second-order valence-corrected chi connectivity index (χ2v) is 17.6. The molecule has 1 heterocycles. The zero-order chi connectivity index (χ0) is 25.4. The Hall–Kier alpha value is -2.09. The Morgan fingerprint density at radius 1 is 1.03 bits per heavy atom. The zero-order valence-corrected chi connectivity index (χ0v) is 23.1. The summed E-state index contributed by atoms with van der Waals surface area (Å²) in [6.07, 6.45) is -0.0115. The highest BCUT2D eigenvalue weighted by molar-refractivity contribution is 8.00. The maximum Gasteiger partial charge on any atom is 0.417 e. The maximum atomic E-state index is 14.0. The molecule has 0 unspecified atom stereocenters.